The van der Waals surface area contributed by atoms with Gasteiger partial charge in [0.05, 0.1) is 5.01 Å². The molecule has 0 saturated carbocycles. The molecule has 0 radical (unpaired) electrons. The van der Waals surface area contributed by atoms with Gasteiger partial charge in [-0.3, -0.25) is 0 Å². The number of likely N-dealkylation sites (tertiary alicyclic amines) is 1. The molecule has 0 atom stereocenters. The lowest BCUT2D eigenvalue weighted by molar-refractivity contribution is 0.195. The molecule has 1 N–H and O–H groups in total. The maximum atomic E-state index is 4.41. The summed E-state index contributed by atoms with van der Waals surface area (Å²) < 4.78 is 0. The van der Waals surface area contributed by atoms with E-state index in [0.29, 0.717) is 6.04 Å². The zero-order chi connectivity index (χ0) is 13.5. The van der Waals surface area contributed by atoms with Crippen LogP contribution in [0.5, 0.6) is 0 Å². The Bertz CT molecular complexity index is 356. The highest BCUT2D eigenvalue weighted by atomic mass is 32.1. The van der Waals surface area contributed by atoms with Crippen molar-refractivity contribution in [3.05, 3.63) is 16.1 Å². The summed E-state index contributed by atoms with van der Waals surface area (Å²) in [6.07, 6.45) is 8.34. The lowest BCUT2D eigenvalue weighted by atomic mass is 10.0. The highest BCUT2D eigenvalue weighted by Gasteiger charge is 2.18. The van der Waals surface area contributed by atoms with E-state index in [1.54, 1.807) is 0 Å². The van der Waals surface area contributed by atoms with Gasteiger partial charge in [0, 0.05) is 23.7 Å². The van der Waals surface area contributed by atoms with Crippen molar-refractivity contribution in [1.29, 1.82) is 0 Å². The first-order chi connectivity index (χ1) is 9.31. The van der Waals surface area contributed by atoms with E-state index < -0.39 is 0 Å². The average molecular weight is 281 g/mol. The van der Waals surface area contributed by atoms with Gasteiger partial charge in [-0.15, -0.1) is 11.3 Å². The molecule has 3 nitrogen and oxygen atoms in total. The molecule has 0 spiro atoms. The second-order valence-electron chi connectivity index (χ2n) is 5.42. The summed E-state index contributed by atoms with van der Waals surface area (Å²) in [7, 11) is 0. The van der Waals surface area contributed by atoms with Gasteiger partial charge in [-0.2, -0.15) is 0 Å². The Morgan fingerprint density at radius 3 is 2.79 bits per heavy atom. The van der Waals surface area contributed by atoms with Crippen LogP contribution < -0.4 is 5.32 Å². The van der Waals surface area contributed by atoms with E-state index in [2.05, 4.69) is 29.0 Å². The summed E-state index contributed by atoms with van der Waals surface area (Å²) in [4.78, 5) is 8.41. The lowest BCUT2D eigenvalue weighted by Gasteiger charge is -2.32. The smallest absolute Gasteiger partial charge is 0.0925 e. The quantitative estimate of drug-likeness (QED) is 0.832. The fourth-order valence-electron chi connectivity index (χ4n) is 2.58. The molecule has 19 heavy (non-hydrogen) atoms. The summed E-state index contributed by atoms with van der Waals surface area (Å²) in [5, 5.41) is 4.95. The van der Waals surface area contributed by atoms with Crippen molar-refractivity contribution in [1.82, 2.24) is 15.2 Å². The molecule has 1 aliphatic rings. The lowest BCUT2D eigenvalue weighted by Crippen LogP contribution is -2.42. The Balaban J connectivity index is 1.65. The van der Waals surface area contributed by atoms with Gasteiger partial charge in [0.2, 0.25) is 0 Å². The SMILES string of the molecule is CCCCN1CCC(NCc2cnc(CC)s2)CC1. The maximum Gasteiger partial charge on any atom is 0.0925 e. The van der Waals surface area contributed by atoms with Gasteiger partial charge in [0.15, 0.2) is 0 Å². The molecule has 0 amide bonds. The number of nitrogens with one attached hydrogen (secondary N) is 1. The fourth-order valence-corrected chi connectivity index (χ4v) is 3.39. The molecule has 1 saturated heterocycles. The zero-order valence-corrected chi connectivity index (χ0v) is 13.1. The minimum Gasteiger partial charge on any atom is -0.309 e. The highest BCUT2D eigenvalue weighted by Crippen LogP contribution is 2.15. The third-order valence-electron chi connectivity index (χ3n) is 3.88. The molecule has 0 aliphatic carbocycles. The first-order valence-electron chi connectivity index (χ1n) is 7.71. The van der Waals surface area contributed by atoms with Crippen LogP contribution in [-0.4, -0.2) is 35.6 Å². The predicted molar refractivity (Wildman–Crippen MR) is 82.7 cm³/mol. The van der Waals surface area contributed by atoms with E-state index in [1.165, 1.54) is 55.2 Å². The normalized spacial score (nSPS) is 18.0. The van der Waals surface area contributed by atoms with Crippen LogP contribution in [0.2, 0.25) is 0 Å². The van der Waals surface area contributed by atoms with Crippen LogP contribution in [0.25, 0.3) is 0 Å². The summed E-state index contributed by atoms with van der Waals surface area (Å²) in [6, 6.07) is 0.699. The first-order valence-corrected chi connectivity index (χ1v) is 8.52. The van der Waals surface area contributed by atoms with Crippen molar-refractivity contribution >= 4 is 11.3 Å². The number of aromatic nitrogens is 1. The number of unbranched alkanes of at least 4 members (excludes halogenated alkanes) is 1. The Labute approximate surface area is 121 Å². The molecule has 108 valence electrons. The Morgan fingerprint density at radius 1 is 1.37 bits per heavy atom. The molecule has 4 heteroatoms. The molecular weight excluding hydrogens is 254 g/mol. The van der Waals surface area contributed by atoms with Crippen molar-refractivity contribution in [2.75, 3.05) is 19.6 Å². The van der Waals surface area contributed by atoms with Gasteiger partial charge in [0.25, 0.3) is 0 Å². The monoisotopic (exact) mass is 281 g/mol. The number of nitrogens with zero attached hydrogens (tertiary/aromatic N) is 2. The summed E-state index contributed by atoms with van der Waals surface area (Å²) in [5.74, 6) is 0. The average Bonchev–Trinajstić information content (AvgIpc) is 2.92. The summed E-state index contributed by atoms with van der Waals surface area (Å²) >= 11 is 1.85. The number of rotatable bonds is 7. The van der Waals surface area contributed by atoms with Crippen molar-refractivity contribution in [3.63, 3.8) is 0 Å². The number of thiazole rings is 1. The molecule has 2 rings (SSSR count). The van der Waals surface area contributed by atoms with E-state index in [9.17, 15) is 0 Å². The predicted octanol–water partition coefficient (Wildman–Crippen LogP) is 3.06. The first kappa shape index (κ1) is 14.9. The molecule has 1 aliphatic heterocycles. The third kappa shape index (κ3) is 4.86. The van der Waals surface area contributed by atoms with Gasteiger partial charge in [-0.05, 0) is 45.3 Å². The van der Waals surface area contributed by atoms with Crippen molar-refractivity contribution in [3.8, 4) is 0 Å². The van der Waals surface area contributed by atoms with Crippen molar-refractivity contribution in [2.24, 2.45) is 0 Å². The van der Waals surface area contributed by atoms with Gasteiger partial charge < -0.3 is 10.2 Å². The number of hydrogen-bond acceptors (Lipinski definition) is 4. The van der Waals surface area contributed by atoms with E-state index >= 15 is 0 Å². The van der Waals surface area contributed by atoms with E-state index in [1.807, 2.05) is 17.5 Å². The summed E-state index contributed by atoms with van der Waals surface area (Å²) in [6.45, 7) is 9.26. The molecule has 0 aromatic carbocycles. The van der Waals surface area contributed by atoms with E-state index in [-0.39, 0.29) is 0 Å². The largest absolute Gasteiger partial charge is 0.309 e. The van der Waals surface area contributed by atoms with Crippen LogP contribution in [-0.2, 0) is 13.0 Å². The topological polar surface area (TPSA) is 28.2 Å². The van der Waals surface area contributed by atoms with Crippen LogP contribution in [0.4, 0.5) is 0 Å². The van der Waals surface area contributed by atoms with Gasteiger partial charge in [-0.25, -0.2) is 4.98 Å². The van der Waals surface area contributed by atoms with Gasteiger partial charge in [0.1, 0.15) is 0 Å². The molecule has 0 bridgehead atoms. The zero-order valence-electron chi connectivity index (χ0n) is 12.3. The second kappa shape index (κ2) is 7.98. The van der Waals surface area contributed by atoms with Crippen LogP contribution in [0.3, 0.4) is 0 Å². The molecule has 2 heterocycles. The minimum absolute atomic E-state index is 0.699. The molecule has 1 aromatic rings. The number of aryl methyl sites for hydroxylation is 1. The van der Waals surface area contributed by atoms with Gasteiger partial charge >= 0.3 is 0 Å². The van der Waals surface area contributed by atoms with Crippen LogP contribution >= 0.6 is 11.3 Å². The van der Waals surface area contributed by atoms with E-state index in [4.69, 9.17) is 0 Å². The molecule has 1 fully saturated rings. The summed E-state index contributed by atoms with van der Waals surface area (Å²) in [5.41, 5.74) is 0. The second-order valence-corrected chi connectivity index (χ2v) is 6.62. The van der Waals surface area contributed by atoms with E-state index in [0.717, 1.165) is 13.0 Å². The van der Waals surface area contributed by atoms with Crippen molar-refractivity contribution < 1.29 is 0 Å². The number of piperidine rings is 1. The highest BCUT2D eigenvalue weighted by molar-refractivity contribution is 7.11. The standard InChI is InChI=1S/C15H27N3S/c1-3-5-8-18-9-6-13(7-10-18)16-11-14-12-17-15(4-2)19-14/h12-13,16H,3-11H2,1-2H3. The maximum absolute atomic E-state index is 4.41. The van der Waals surface area contributed by atoms with Gasteiger partial charge in [-0.1, -0.05) is 20.3 Å². The van der Waals surface area contributed by atoms with Crippen LogP contribution in [0, 0.1) is 0 Å². The Morgan fingerprint density at radius 2 is 2.16 bits per heavy atom. The third-order valence-corrected chi connectivity index (χ3v) is 5.03. The minimum atomic E-state index is 0.699. The fraction of sp³-hybridized carbons (Fsp3) is 0.800. The Kier molecular flexibility index (Phi) is 6.28. The van der Waals surface area contributed by atoms with Crippen LogP contribution in [0.15, 0.2) is 6.20 Å². The molecule has 1 aromatic heterocycles. The Hall–Kier alpha value is -0.450. The van der Waals surface area contributed by atoms with Crippen LogP contribution in [0.1, 0.15) is 49.4 Å². The molecular formula is C15H27N3S. The number of hydrogen-bond donors (Lipinski definition) is 1. The molecule has 0 unspecified atom stereocenters. The van der Waals surface area contributed by atoms with Crippen molar-refractivity contribution in [2.45, 2.75) is 58.5 Å².